The number of nitrogens with zero attached hydrogens (tertiary/aromatic N) is 2. The Hall–Kier alpha value is -2.87. The van der Waals surface area contributed by atoms with E-state index < -0.39 is 6.03 Å². The van der Waals surface area contributed by atoms with Crippen LogP contribution in [0.3, 0.4) is 0 Å². The molecule has 1 heterocycles. The van der Waals surface area contributed by atoms with Crippen LogP contribution in [0.1, 0.15) is 12.5 Å². The molecule has 2 aromatic carbocycles. The van der Waals surface area contributed by atoms with Crippen LogP contribution in [-0.2, 0) is 17.1 Å². The number of hydrogen-bond acceptors (Lipinski definition) is 6. The summed E-state index contributed by atoms with van der Waals surface area (Å²) >= 11 is 1.31. The second-order valence-electron chi connectivity index (χ2n) is 5.37. The van der Waals surface area contributed by atoms with Crippen LogP contribution >= 0.6 is 11.3 Å². The minimum absolute atomic E-state index is 0. The maximum atomic E-state index is 12.0. The van der Waals surface area contributed by atoms with Gasteiger partial charge in [0.05, 0.1) is 11.4 Å². The molecule has 9 heteroatoms. The van der Waals surface area contributed by atoms with E-state index in [0.29, 0.717) is 16.4 Å². The molecule has 3 rings (SSSR count). The summed E-state index contributed by atoms with van der Waals surface area (Å²) in [7, 11) is 0. The molecular weight excluding hydrogens is 416 g/mol. The first-order chi connectivity index (χ1) is 12.5. The number of carbonyl (C=O) groups excluding carboxylic acids is 1. The quantitative estimate of drug-likeness (QED) is 0.286. The third-order valence-corrected chi connectivity index (χ3v) is 4.25. The molecule has 0 unspecified atom stereocenters. The summed E-state index contributed by atoms with van der Waals surface area (Å²) in [4.78, 5) is 16.3. The van der Waals surface area contributed by atoms with Gasteiger partial charge in [-0.05, 0) is 19.1 Å². The van der Waals surface area contributed by atoms with E-state index in [2.05, 4.69) is 20.8 Å². The summed E-state index contributed by atoms with van der Waals surface area (Å²) in [6, 6.07) is 13.2. The van der Waals surface area contributed by atoms with E-state index in [1.54, 1.807) is 6.92 Å². The number of urea groups is 1. The van der Waals surface area contributed by atoms with Gasteiger partial charge in [0.25, 0.3) is 0 Å². The van der Waals surface area contributed by atoms with Gasteiger partial charge < -0.3 is 10.2 Å². The normalized spacial score (nSPS) is 10.8. The predicted octanol–water partition coefficient (Wildman–Crippen LogP) is 3.76. The van der Waals surface area contributed by atoms with Crippen molar-refractivity contribution in [2.24, 2.45) is 5.10 Å². The number of nitrogens with one attached hydrogen (secondary N) is 2. The van der Waals surface area contributed by atoms with Crippen LogP contribution in [0, 0.1) is 0 Å². The summed E-state index contributed by atoms with van der Waals surface area (Å²) in [5, 5.41) is 27.9. The van der Waals surface area contributed by atoms with Gasteiger partial charge in [-0.2, -0.15) is 5.10 Å². The SMILES string of the molecule is C/C(=N\NC(=O)Nc1nc(-c2ccccc2)cs1)c1ccc(O)cc1O.[Cu+2]. The third-order valence-electron chi connectivity index (χ3n) is 3.49. The number of aromatic nitrogens is 1. The monoisotopic (exact) mass is 431 g/mol. The summed E-state index contributed by atoms with van der Waals surface area (Å²) in [6.07, 6.45) is 0. The zero-order valence-corrected chi connectivity index (χ0v) is 15.9. The van der Waals surface area contributed by atoms with Crippen LogP contribution in [-0.4, -0.2) is 26.9 Å². The Labute approximate surface area is 170 Å². The number of carbonyl (C=O) groups is 1. The standard InChI is InChI=1S/C18H16N4O3S.Cu/c1-11(14-8-7-13(23)9-16(14)24)21-22-17(25)20-18-19-15(10-26-18)12-5-3-2-4-6-12;/h2-10,23-24H,1H3,(H2,19,20,22,25);/q;+2/b21-11+;. The Morgan fingerprint density at radius 3 is 2.59 bits per heavy atom. The minimum atomic E-state index is -0.545. The molecule has 0 spiro atoms. The van der Waals surface area contributed by atoms with Crippen molar-refractivity contribution in [3.05, 3.63) is 59.5 Å². The first-order valence-corrected chi connectivity index (χ1v) is 8.55. The predicted molar refractivity (Wildman–Crippen MR) is 102 cm³/mol. The Balaban J connectivity index is 0.00000261. The van der Waals surface area contributed by atoms with Gasteiger partial charge in [0.2, 0.25) is 0 Å². The van der Waals surface area contributed by atoms with E-state index in [-0.39, 0.29) is 28.6 Å². The van der Waals surface area contributed by atoms with Gasteiger partial charge in [0.1, 0.15) is 11.5 Å². The number of anilines is 1. The molecule has 0 aliphatic heterocycles. The zero-order valence-electron chi connectivity index (χ0n) is 14.1. The largest absolute Gasteiger partial charge is 2.00 e. The van der Waals surface area contributed by atoms with Gasteiger partial charge in [-0.3, -0.25) is 5.32 Å². The van der Waals surface area contributed by atoms with Crippen molar-refractivity contribution >= 4 is 28.2 Å². The van der Waals surface area contributed by atoms with E-state index in [9.17, 15) is 15.0 Å². The number of thiazole rings is 1. The number of amides is 2. The fourth-order valence-electron chi connectivity index (χ4n) is 2.22. The Morgan fingerprint density at radius 1 is 1.15 bits per heavy atom. The molecule has 0 aliphatic rings. The zero-order chi connectivity index (χ0) is 18.5. The number of phenols is 2. The summed E-state index contributed by atoms with van der Waals surface area (Å²) < 4.78 is 0. The van der Waals surface area contributed by atoms with Crippen molar-refractivity contribution < 1.29 is 32.1 Å². The average Bonchev–Trinajstić information content (AvgIpc) is 3.09. The fraction of sp³-hybridized carbons (Fsp3) is 0.0556. The molecule has 0 bridgehead atoms. The first-order valence-electron chi connectivity index (χ1n) is 7.67. The summed E-state index contributed by atoms with van der Waals surface area (Å²) in [6.45, 7) is 1.63. The van der Waals surface area contributed by atoms with Crippen molar-refractivity contribution in [1.29, 1.82) is 0 Å². The van der Waals surface area contributed by atoms with E-state index in [0.717, 1.165) is 11.3 Å². The van der Waals surface area contributed by atoms with Crippen LogP contribution < -0.4 is 10.7 Å². The second kappa shape index (κ2) is 9.18. The molecule has 0 saturated heterocycles. The molecular formula is C18H16CuN4O3S+2. The van der Waals surface area contributed by atoms with Crippen molar-refractivity contribution in [3.8, 4) is 22.8 Å². The average molecular weight is 432 g/mol. The Bertz CT molecular complexity index is 960. The van der Waals surface area contributed by atoms with E-state index in [1.807, 2.05) is 35.7 Å². The van der Waals surface area contributed by atoms with E-state index in [4.69, 9.17) is 0 Å². The van der Waals surface area contributed by atoms with Crippen LogP contribution in [0.2, 0.25) is 0 Å². The van der Waals surface area contributed by atoms with Gasteiger partial charge in [0, 0.05) is 22.6 Å². The second-order valence-corrected chi connectivity index (χ2v) is 6.23. The minimum Gasteiger partial charge on any atom is -0.508 e. The number of hydrogen-bond donors (Lipinski definition) is 4. The van der Waals surface area contributed by atoms with E-state index >= 15 is 0 Å². The molecule has 0 saturated carbocycles. The maximum Gasteiger partial charge on any atom is 2.00 e. The molecule has 1 aromatic heterocycles. The van der Waals surface area contributed by atoms with Crippen molar-refractivity contribution in [3.63, 3.8) is 0 Å². The van der Waals surface area contributed by atoms with Crippen LogP contribution in [0.5, 0.6) is 11.5 Å². The third kappa shape index (κ3) is 5.30. The Morgan fingerprint density at radius 2 is 1.89 bits per heavy atom. The molecule has 141 valence electrons. The van der Waals surface area contributed by atoms with Crippen LogP contribution in [0.4, 0.5) is 9.93 Å². The number of aromatic hydroxyl groups is 2. The molecule has 27 heavy (non-hydrogen) atoms. The summed E-state index contributed by atoms with van der Waals surface area (Å²) in [5.41, 5.74) is 4.89. The van der Waals surface area contributed by atoms with Gasteiger partial charge in [-0.15, -0.1) is 11.3 Å². The number of hydrazone groups is 1. The Kier molecular flexibility index (Phi) is 6.95. The molecule has 0 fully saturated rings. The topological polar surface area (TPSA) is 107 Å². The number of rotatable bonds is 4. The summed E-state index contributed by atoms with van der Waals surface area (Å²) in [5.74, 6) is -0.177. The first kappa shape index (κ1) is 20.4. The molecule has 4 N–H and O–H groups in total. The van der Waals surface area contributed by atoms with Crippen molar-refractivity contribution in [2.75, 3.05) is 5.32 Å². The molecule has 7 nitrogen and oxygen atoms in total. The van der Waals surface area contributed by atoms with Crippen molar-refractivity contribution in [1.82, 2.24) is 10.4 Å². The molecule has 2 amide bonds. The smallest absolute Gasteiger partial charge is 0.508 e. The van der Waals surface area contributed by atoms with Crippen molar-refractivity contribution in [2.45, 2.75) is 6.92 Å². The van der Waals surface area contributed by atoms with Gasteiger partial charge in [-0.25, -0.2) is 15.2 Å². The molecule has 3 aromatic rings. The maximum absolute atomic E-state index is 12.0. The van der Waals surface area contributed by atoms with Gasteiger partial charge in [-0.1, -0.05) is 30.3 Å². The molecule has 0 aliphatic carbocycles. The van der Waals surface area contributed by atoms with Crippen LogP contribution in [0.15, 0.2) is 59.0 Å². The van der Waals surface area contributed by atoms with Gasteiger partial charge in [0.15, 0.2) is 5.13 Å². The number of benzene rings is 2. The van der Waals surface area contributed by atoms with Crippen LogP contribution in [0.25, 0.3) is 11.3 Å². The molecule has 0 atom stereocenters. The van der Waals surface area contributed by atoms with E-state index in [1.165, 1.54) is 29.5 Å². The number of phenolic OH excluding ortho intramolecular Hbond substituents is 2. The fourth-order valence-corrected chi connectivity index (χ4v) is 2.93. The molecule has 1 radical (unpaired) electrons. The van der Waals surface area contributed by atoms with Gasteiger partial charge >= 0.3 is 23.1 Å².